The molecule has 0 aliphatic rings. The summed E-state index contributed by atoms with van der Waals surface area (Å²) in [6.45, 7) is 7.89. The first-order valence-electron chi connectivity index (χ1n) is 6.06. The Labute approximate surface area is 117 Å². The quantitative estimate of drug-likeness (QED) is 0.783. The van der Waals surface area contributed by atoms with Gasteiger partial charge in [0.1, 0.15) is 5.01 Å². The second kappa shape index (κ2) is 7.71. The summed E-state index contributed by atoms with van der Waals surface area (Å²) in [4.78, 5) is 18.1. The molecular formula is C12H20ClN3OS. The molecule has 0 saturated carbocycles. The van der Waals surface area contributed by atoms with Crippen LogP contribution in [-0.2, 0) is 17.2 Å². The van der Waals surface area contributed by atoms with Crippen LogP contribution in [0, 0.1) is 0 Å². The van der Waals surface area contributed by atoms with Crippen molar-refractivity contribution in [3.8, 4) is 0 Å². The summed E-state index contributed by atoms with van der Waals surface area (Å²) < 4.78 is 0. The Hall–Kier alpha value is -0.650. The summed E-state index contributed by atoms with van der Waals surface area (Å²) in [5, 5.41) is 5.86. The number of amides is 1. The summed E-state index contributed by atoms with van der Waals surface area (Å²) in [6, 6.07) is 0.180. The van der Waals surface area contributed by atoms with Crippen LogP contribution in [0.4, 0.5) is 0 Å². The Kier molecular flexibility index (Phi) is 6.60. The van der Waals surface area contributed by atoms with Crippen molar-refractivity contribution in [2.45, 2.75) is 39.2 Å². The van der Waals surface area contributed by atoms with Crippen molar-refractivity contribution in [3.05, 3.63) is 16.1 Å². The van der Waals surface area contributed by atoms with Crippen LogP contribution >= 0.6 is 22.9 Å². The Bertz CT molecular complexity index is 381. The van der Waals surface area contributed by atoms with Gasteiger partial charge in [-0.2, -0.15) is 0 Å². The third-order valence-electron chi connectivity index (χ3n) is 2.36. The van der Waals surface area contributed by atoms with Crippen LogP contribution in [0.1, 0.15) is 31.5 Å². The Morgan fingerprint density at radius 2 is 2.33 bits per heavy atom. The molecule has 1 amide bonds. The fourth-order valence-corrected chi connectivity index (χ4v) is 2.59. The van der Waals surface area contributed by atoms with Gasteiger partial charge in [0, 0.05) is 11.4 Å². The summed E-state index contributed by atoms with van der Waals surface area (Å²) >= 11 is 7.31. The van der Waals surface area contributed by atoms with Gasteiger partial charge in [-0.15, -0.1) is 22.9 Å². The van der Waals surface area contributed by atoms with Gasteiger partial charge in [0.25, 0.3) is 0 Å². The maximum absolute atomic E-state index is 11.7. The lowest BCUT2D eigenvalue weighted by Gasteiger charge is -2.19. The molecule has 4 nitrogen and oxygen atoms in total. The smallest absolute Gasteiger partial charge is 0.234 e. The van der Waals surface area contributed by atoms with E-state index in [-0.39, 0.29) is 11.9 Å². The topological polar surface area (TPSA) is 45.2 Å². The van der Waals surface area contributed by atoms with E-state index in [1.54, 1.807) is 11.3 Å². The zero-order valence-electron chi connectivity index (χ0n) is 11.1. The summed E-state index contributed by atoms with van der Waals surface area (Å²) in [7, 11) is 0. The summed E-state index contributed by atoms with van der Waals surface area (Å²) in [6.07, 6.45) is 0. The molecule has 1 aromatic rings. The second-order valence-corrected chi connectivity index (χ2v) is 5.60. The average Bonchev–Trinajstić information content (AvgIpc) is 2.74. The van der Waals surface area contributed by atoms with E-state index in [9.17, 15) is 4.79 Å². The van der Waals surface area contributed by atoms with Crippen molar-refractivity contribution in [2.24, 2.45) is 0 Å². The molecule has 0 fully saturated rings. The first kappa shape index (κ1) is 15.4. The molecular weight excluding hydrogens is 270 g/mol. The van der Waals surface area contributed by atoms with Crippen molar-refractivity contribution >= 4 is 28.8 Å². The van der Waals surface area contributed by atoms with Crippen molar-refractivity contribution in [1.29, 1.82) is 0 Å². The highest BCUT2D eigenvalue weighted by Gasteiger charge is 2.12. The standard InChI is InChI=1S/C12H20ClN3OS/c1-4-16(6-11(17)14-9(2)3)7-12-15-10(5-13)8-18-12/h8-9H,4-7H2,1-3H3,(H,14,17). The normalized spacial score (nSPS) is 11.2. The van der Waals surface area contributed by atoms with Crippen LogP contribution in [0.15, 0.2) is 5.38 Å². The Morgan fingerprint density at radius 3 is 2.83 bits per heavy atom. The Balaban J connectivity index is 2.48. The van der Waals surface area contributed by atoms with E-state index in [1.807, 2.05) is 26.2 Å². The Morgan fingerprint density at radius 1 is 1.61 bits per heavy atom. The number of thiazole rings is 1. The molecule has 0 unspecified atom stereocenters. The largest absolute Gasteiger partial charge is 0.353 e. The molecule has 6 heteroatoms. The number of nitrogens with one attached hydrogen (secondary N) is 1. The molecule has 1 aromatic heterocycles. The van der Waals surface area contributed by atoms with Crippen molar-refractivity contribution in [1.82, 2.24) is 15.2 Å². The molecule has 18 heavy (non-hydrogen) atoms. The van der Waals surface area contributed by atoms with E-state index in [4.69, 9.17) is 11.6 Å². The molecule has 0 aliphatic heterocycles. The van der Waals surface area contributed by atoms with Gasteiger partial charge in [-0.3, -0.25) is 9.69 Å². The number of likely N-dealkylation sites (N-methyl/N-ethyl adjacent to an activating group) is 1. The van der Waals surface area contributed by atoms with E-state index in [0.29, 0.717) is 19.0 Å². The number of hydrogen-bond acceptors (Lipinski definition) is 4. The number of rotatable bonds is 7. The van der Waals surface area contributed by atoms with E-state index in [2.05, 4.69) is 15.2 Å². The second-order valence-electron chi connectivity index (χ2n) is 4.39. The maximum atomic E-state index is 11.7. The zero-order valence-corrected chi connectivity index (χ0v) is 12.6. The molecule has 102 valence electrons. The van der Waals surface area contributed by atoms with E-state index >= 15 is 0 Å². The van der Waals surface area contributed by atoms with Crippen molar-refractivity contribution in [3.63, 3.8) is 0 Å². The minimum atomic E-state index is 0.0565. The highest BCUT2D eigenvalue weighted by molar-refractivity contribution is 7.09. The molecule has 1 N–H and O–H groups in total. The number of aromatic nitrogens is 1. The zero-order chi connectivity index (χ0) is 13.5. The number of carbonyl (C=O) groups is 1. The van der Waals surface area contributed by atoms with E-state index < -0.39 is 0 Å². The number of hydrogen-bond donors (Lipinski definition) is 1. The number of halogens is 1. The minimum absolute atomic E-state index is 0.0565. The molecule has 0 saturated heterocycles. The van der Waals surface area contributed by atoms with Gasteiger partial charge < -0.3 is 5.32 Å². The van der Waals surface area contributed by atoms with Gasteiger partial charge in [0.2, 0.25) is 5.91 Å². The molecule has 0 spiro atoms. The first-order chi connectivity index (χ1) is 8.55. The van der Waals surface area contributed by atoms with Gasteiger partial charge in [0.15, 0.2) is 0 Å². The minimum Gasteiger partial charge on any atom is -0.353 e. The van der Waals surface area contributed by atoms with Gasteiger partial charge in [-0.05, 0) is 20.4 Å². The van der Waals surface area contributed by atoms with Crippen LogP contribution in [0.3, 0.4) is 0 Å². The molecule has 1 rings (SSSR count). The predicted molar refractivity (Wildman–Crippen MR) is 75.9 cm³/mol. The van der Waals surface area contributed by atoms with Crippen LogP contribution in [0.25, 0.3) is 0 Å². The maximum Gasteiger partial charge on any atom is 0.234 e. The highest BCUT2D eigenvalue weighted by Crippen LogP contribution is 2.13. The van der Waals surface area contributed by atoms with Gasteiger partial charge >= 0.3 is 0 Å². The van der Waals surface area contributed by atoms with Crippen molar-refractivity contribution < 1.29 is 4.79 Å². The predicted octanol–water partition coefficient (Wildman–Crippen LogP) is 2.23. The lowest BCUT2D eigenvalue weighted by molar-refractivity contribution is -0.122. The SMILES string of the molecule is CCN(CC(=O)NC(C)C)Cc1nc(CCl)cs1. The molecule has 0 aromatic carbocycles. The van der Waals surface area contributed by atoms with Gasteiger partial charge in [0.05, 0.1) is 24.7 Å². The fraction of sp³-hybridized carbons (Fsp3) is 0.667. The first-order valence-corrected chi connectivity index (χ1v) is 7.47. The van der Waals surface area contributed by atoms with E-state index in [1.165, 1.54) is 0 Å². The van der Waals surface area contributed by atoms with Crippen LogP contribution < -0.4 is 5.32 Å². The third kappa shape index (κ3) is 5.33. The summed E-state index contributed by atoms with van der Waals surface area (Å²) in [5.41, 5.74) is 0.902. The van der Waals surface area contributed by atoms with Crippen LogP contribution in [-0.4, -0.2) is 34.9 Å². The van der Waals surface area contributed by atoms with Crippen LogP contribution in [0.5, 0.6) is 0 Å². The number of carbonyl (C=O) groups excluding carboxylic acids is 1. The molecule has 0 bridgehead atoms. The monoisotopic (exact) mass is 289 g/mol. The number of alkyl halides is 1. The van der Waals surface area contributed by atoms with Crippen molar-refractivity contribution in [2.75, 3.05) is 13.1 Å². The molecule has 1 heterocycles. The summed E-state index contributed by atoms with van der Waals surface area (Å²) in [5.74, 6) is 0.497. The van der Waals surface area contributed by atoms with Crippen LogP contribution in [0.2, 0.25) is 0 Å². The van der Waals surface area contributed by atoms with E-state index in [0.717, 1.165) is 17.2 Å². The molecule has 0 radical (unpaired) electrons. The molecule has 0 aliphatic carbocycles. The van der Waals surface area contributed by atoms with Gasteiger partial charge in [-0.25, -0.2) is 4.98 Å². The third-order valence-corrected chi connectivity index (χ3v) is 3.52. The lowest BCUT2D eigenvalue weighted by Crippen LogP contribution is -2.39. The average molecular weight is 290 g/mol. The molecule has 0 atom stereocenters. The highest BCUT2D eigenvalue weighted by atomic mass is 35.5. The van der Waals surface area contributed by atoms with Gasteiger partial charge in [-0.1, -0.05) is 6.92 Å². The fourth-order valence-electron chi connectivity index (χ4n) is 1.52. The lowest BCUT2D eigenvalue weighted by atomic mass is 10.3. The number of nitrogens with zero attached hydrogens (tertiary/aromatic N) is 2.